The summed E-state index contributed by atoms with van der Waals surface area (Å²) in [4.78, 5) is 0. The zero-order valence-corrected chi connectivity index (χ0v) is 9.63. The minimum Gasteiger partial charge on any atom is -0.508 e. The molecule has 1 atom stereocenters. The Labute approximate surface area is 96.3 Å². The third-order valence-corrected chi connectivity index (χ3v) is 2.28. The molecule has 3 nitrogen and oxygen atoms in total. The Morgan fingerprint density at radius 2 is 2.00 bits per heavy atom. The highest BCUT2D eigenvalue weighted by atomic mass is 35.5. The number of hydrogen-bond acceptors (Lipinski definition) is 3. The van der Waals surface area contributed by atoms with Gasteiger partial charge in [0.05, 0.1) is 0 Å². The van der Waals surface area contributed by atoms with Crippen LogP contribution in [0.25, 0.3) is 0 Å². The molecule has 0 aliphatic carbocycles. The fourth-order valence-corrected chi connectivity index (χ4v) is 1.42. The summed E-state index contributed by atoms with van der Waals surface area (Å²) >= 11 is 0. The summed E-state index contributed by atoms with van der Waals surface area (Å²) in [7, 11) is 0. The Morgan fingerprint density at radius 1 is 1.33 bits per heavy atom. The molecule has 0 fully saturated rings. The van der Waals surface area contributed by atoms with Crippen molar-refractivity contribution >= 4 is 12.4 Å². The average Bonchev–Trinajstić information content (AvgIpc) is 2.18. The first-order valence-electron chi connectivity index (χ1n) is 4.92. The molecule has 0 unspecified atom stereocenters. The molecule has 0 saturated carbocycles. The minimum atomic E-state index is -0.193. The van der Waals surface area contributed by atoms with Crippen LogP contribution in [0, 0.1) is 0 Å². The Balaban J connectivity index is 0.00000196. The fraction of sp³-hybridized carbons (Fsp3) is 0.455. The number of benzene rings is 1. The number of unbranched alkanes of at least 4 members (excludes halogenated alkanes) is 1. The van der Waals surface area contributed by atoms with Gasteiger partial charge < -0.3 is 15.9 Å². The van der Waals surface area contributed by atoms with E-state index in [1.165, 1.54) is 18.2 Å². The van der Waals surface area contributed by atoms with Crippen molar-refractivity contribution in [3.63, 3.8) is 0 Å². The lowest BCUT2D eigenvalue weighted by atomic mass is 10.0. The van der Waals surface area contributed by atoms with Crippen LogP contribution in [0.3, 0.4) is 0 Å². The zero-order valence-electron chi connectivity index (χ0n) is 8.81. The van der Waals surface area contributed by atoms with Gasteiger partial charge in [0.1, 0.15) is 11.5 Å². The molecular formula is C11H18ClNO2. The van der Waals surface area contributed by atoms with Gasteiger partial charge in [-0.1, -0.05) is 19.8 Å². The van der Waals surface area contributed by atoms with Crippen LogP contribution in [-0.4, -0.2) is 10.2 Å². The Morgan fingerprint density at radius 3 is 2.60 bits per heavy atom. The molecule has 15 heavy (non-hydrogen) atoms. The van der Waals surface area contributed by atoms with Gasteiger partial charge in [-0.2, -0.15) is 0 Å². The van der Waals surface area contributed by atoms with E-state index in [2.05, 4.69) is 6.92 Å². The third kappa shape index (κ3) is 3.98. The van der Waals surface area contributed by atoms with Crippen molar-refractivity contribution in [3.8, 4) is 11.5 Å². The Bertz CT molecular complexity index is 305. The van der Waals surface area contributed by atoms with Crippen LogP contribution in [0.2, 0.25) is 0 Å². The van der Waals surface area contributed by atoms with Gasteiger partial charge in [0.15, 0.2) is 0 Å². The molecule has 0 saturated heterocycles. The Kier molecular flexibility index (Phi) is 6.13. The first-order chi connectivity index (χ1) is 6.65. The first kappa shape index (κ1) is 14.1. The average molecular weight is 232 g/mol. The molecule has 0 amide bonds. The van der Waals surface area contributed by atoms with Gasteiger partial charge in [0.25, 0.3) is 0 Å². The summed E-state index contributed by atoms with van der Waals surface area (Å²) in [5, 5.41) is 18.8. The molecule has 0 aliphatic heterocycles. The van der Waals surface area contributed by atoms with E-state index >= 15 is 0 Å². The summed E-state index contributed by atoms with van der Waals surface area (Å²) in [5.74, 6) is 0.302. The second kappa shape index (κ2) is 6.53. The normalized spacial score (nSPS) is 11.9. The maximum Gasteiger partial charge on any atom is 0.120 e. The third-order valence-electron chi connectivity index (χ3n) is 2.28. The quantitative estimate of drug-likeness (QED) is 0.698. The summed E-state index contributed by atoms with van der Waals surface area (Å²) in [5.41, 5.74) is 6.50. The molecule has 86 valence electrons. The standard InChI is InChI=1S/C11H17NO2.ClH/c1-2-3-4-10(12)9-7-8(13)5-6-11(9)14;/h5-7,10,13-14H,2-4,12H2,1H3;1H/t10-;/m1./s1. The van der Waals surface area contributed by atoms with Crippen LogP contribution in [0.5, 0.6) is 11.5 Å². The van der Waals surface area contributed by atoms with E-state index in [-0.39, 0.29) is 29.9 Å². The minimum absolute atomic E-state index is 0. The lowest BCUT2D eigenvalue weighted by Crippen LogP contribution is -2.10. The van der Waals surface area contributed by atoms with Crippen LogP contribution in [0.15, 0.2) is 18.2 Å². The second-order valence-electron chi connectivity index (χ2n) is 3.49. The summed E-state index contributed by atoms with van der Waals surface area (Å²) in [6, 6.07) is 4.25. The summed E-state index contributed by atoms with van der Waals surface area (Å²) in [6.45, 7) is 2.09. The predicted octanol–water partition coefficient (Wildman–Crippen LogP) is 2.71. The lowest BCUT2D eigenvalue weighted by Gasteiger charge is -2.13. The molecular weight excluding hydrogens is 214 g/mol. The van der Waals surface area contributed by atoms with Crippen molar-refractivity contribution in [1.82, 2.24) is 0 Å². The lowest BCUT2D eigenvalue weighted by molar-refractivity contribution is 0.444. The van der Waals surface area contributed by atoms with E-state index in [1.54, 1.807) is 0 Å². The van der Waals surface area contributed by atoms with Crippen LogP contribution >= 0.6 is 12.4 Å². The first-order valence-corrected chi connectivity index (χ1v) is 4.92. The van der Waals surface area contributed by atoms with Gasteiger partial charge in [-0.15, -0.1) is 12.4 Å². The van der Waals surface area contributed by atoms with Crippen LogP contribution in [0.1, 0.15) is 37.8 Å². The van der Waals surface area contributed by atoms with Gasteiger partial charge >= 0.3 is 0 Å². The van der Waals surface area contributed by atoms with Gasteiger partial charge in [-0.25, -0.2) is 0 Å². The highest BCUT2D eigenvalue weighted by Crippen LogP contribution is 2.29. The van der Waals surface area contributed by atoms with E-state index in [9.17, 15) is 10.2 Å². The zero-order chi connectivity index (χ0) is 10.6. The van der Waals surface area contributed by atoms with Crippen molar-refractivity contribution in [2.24, 2.45) is 5.73 Å². The number of aromatic hydroxyl groups is 2. The molecule has 0 heterocycles. The molecule has 0 bridgehead atoms. The van der Waals surface area contributed by atoms with Gasteiger partial charge in [0.2, 0.25) is 0 Å². The van der Waals surface area contributed by atoms with Crippen molar-refractivity contribution in [2.45, 2.75) is 32.2 Å². The molecule has 0 radical (unpaired) electrons. The van der Waals surface area contributed by atoms with Crippen LogP contribution in [-0.2, 0) is 0 Å². The number of rotatable bonds is 4. The van der Waals surface area contributed by atoms with Gasteiger partial charge in [0, 0.05) is 11.6 Å². The maximum absolute atomic E-state index is 9.51. The molecule has 4 N–H and O–H groups in total. The van der Waals surface area contributed by atoms with E-state index in [0.717, 1.165) is 19.3 Å². The smallest absolute Gasteiger partial charge is 0.120 e. The number of phenolic OH excluding ortho intramolecular Hbond substituents is 2. The van der Waals surface area contributed by atoms with Crippen molar-refractivity contribution in [2.75, 3.05) is 0 Å². The molecule has 1 rings (SSSR count). The van der Waals surface area contributed by atoms with Crippen molar-refractivity contribution in [3.05, 3.63) is 23.8 Å². The molecule has 0 aliphatic rings. The molecule has 1 aromatic carbocycles. The predicted molar refractivity (Wildman–Crippen MR) is 63.5 cm³/mol. The molecule has 0 spiro atoms. The fourth-order valence-electron chi connectivity index (χ4n) is 1.42. The van der Waals surface area contributed by atoms with Crippen LogP contribution < -0.4 is 5.73 Å². The number of phenols is 2. The summed E-state index contributed by atoms with van der Waals surface area (Å²) < 4.78 is 0. The van der Waals surface area contributed by atoms with E-state index in [4.69, 9.17) is 5.73 Å². The van der Waals surface area contributed by atoms with Crippen molar-refractivity contribution in [1.29, 1.82) is 0 Å². The van der Waals surface area contributed by atoms with Crippen molar-refractivity contribution < 1.29 is 10.2 Å². The second-order valence-corrected chi connectivity index (χ2v) is 3.49. The highest BCUT2D eigenvalue weighted by molar-refractivity contribution is 5.85. The maximum atomic E-state index is 9.51. The van der Waals surface area contributed by atoms with E-state index in [1.807, 2.05) is 0 Å². The number of hydrogen-bond donors (Lipinski definition) is 3. The number of nitrogens with two attached hydrogens (primary N) is 1. The van der Waals surface area contributed by atoms with Gasteiger partial charge in [-0.05, 0) is 24.6 Å². The topological polar surface area (TPSA) is 66.5 Å². The SMILES string of the molecule is CCCC[C@@H](N)c1cc(O)ccc1O.Cl. The van der Waals surface area contributed by atoms with E-state index < -0.39 is 0 Å². The molecule has 0 aromatic heterocycles. The largest absolute Gasteiger partial charge is 0.508 e. The molecule has 4 heteroatoms. The monoisotopic (exact) mass is 231 g/mol. The highest BCUT2D eigenvalue weighted by Gasteiger charge is 2.10. The van der Waals surface area contributed by atoms with Crippen LogP contribution in [0.4, 0.5) is 0 Å². The summed E-state index contributed by atoms with van der Waals surface area (Å²) in [6.07, 6.45) is 2.93. The van der Waals surface area contributed by atoms with Gasteiger partial charge in [-0.3, -0.25) is 0 Å². The molecule has 1 aromatic rings. The number of halogens is 1. The van der Waals surface area contributed by atoms with E-state index in [0.29, 0.717) is 5.56 Å². The Hall–Kier alpha value is -0.930.